The third-order valence-electron chi connectivity index (χ3n) is 3.98. The topological polar surface area (TPSA) is 78.8 Å². The molecule has 0 saturated carbocycles. The number of aryl methyl sites for hydroxylation is 1. The number of fused-ring (bicyclic) bond motifs is 1. The SMILES string of the molecule is Cc1nn(C2(C)COCC2C)c2ncnc(N)c12. The molecule has 1 aliphatic rings. The molecule has 0 aliphatic carbocycles. The van der Waals surface area contributed by atoms with Crippen LogP contribution in [0.1, 0.15) is 19.5 Å². The van der Waals surface area contributed by atoms with Gasteiger partial charge in [0.25, 0.3) is 0 Å². The van der Waals surface area contributed by atoms with Crippen LogP contribution in [-0.2, 0) is 10.3 Å². The summed E-state index contributed by atoms with van der Waals surface area (Å²) in [5, 5.41) is 5.45. The molecule has 0 radical (unpaired) electrons. The lowest BCUT2D eigenvalue weighted by molar-refractivity contribution is 0.157. The summed E-state index contributed by atoms with van der Waals surface area (Å²) in [7, 11) is 0. The van der Waals surface area contributed by atoms with Crippen LogP contribution in [0.2, 0.25) is 0 Å². The molecule has 18 heavy (non-hydrogen) atoms. The Bertz CT molecular complexity index is 608. The van der Waals surface area contributed by atoms with Gasteiger partial charge in [0.2, 0.25) is 0 Å². The van der Waals surface area contributed by atoms with Gasteiger partial charge in [0.05, 0.1) is 29.8 Å². The molecule has 1 saturated heterocycles. The number of rotatable bonds is 1. The first-order chi connectivity index (χ1) is 8.54. The average molecular weight is 247 g/mol. The van der Waals surface area contributed by atoms with E-state index < -0.39 is 0 Å². The molecule has 2 aromatic heterocycles. The van der Waals surface area contributed by atoms with Crippen LogP contribution in [0.25, 0.3) is 11.0 Å². The molecule has 6 heteroatoms. The molecule has 96 valence electrons. The van der Waals surface area contributed by atoms with Gasteiger partial charge in [-0.2, -0.15) is 5.10 Å². The maximum atomic E-state index is 5.91. The minimum absolute atomic E-state index is 0.173. The monoisotopic (exact) mass is 247 g/mol. The molecule has 1 fully saturated rings. The van der Waals surface area contributed by atoms with Gasteiger partial charge in [0.1, 0.15) is 12.1 Å². The predicted octanol–water partition coefficient (Wildman–Crippen LogP) is 1.10. The average Bonchev–Trinajstić information content (AvgIpc) is 2.84. The molecule has 2 atom stereocenters. The predicted molar refractivity (Wildman–Crippen MR) is 68.1 cm³/mol. The van der Waals surface area contributed by atoms with Gasteiger partial charge in [-0.05, 0) is 13.8 Å². The molecule has 2 unspecified atom stereocenters. The Morgan fingerprint density at radius 3 is 2.94 bits per heavy atom. The van der Waals surface area contributed by atoms with E-state index >= 15 is 0 Å². The lowest BCUT2D eigenvalue weighted by atomic mass is 9.91. The van der Waals surface area contributed by atoms with Crippen molar-refractivity contribution in [1.29, 1.82) is 0 Å². The van der Waals surface area contributed by atoms with E-state index in [2.05, 4.69) is 28.9 Å². The molecular weight excluding hydrogens is 230 g/mol. The van der Waals surface area contributed by atoms with E-state index in [9.17, 15) is 0 Å². The van der Waals surface area contributed by atoms with Gasteiger partial charge in [-0.1, -0.05) is 6.92 Å². The number of nitrogens with two attached hydrogens (primary N) is 1. The molecule has 3 rings (SSSR count). The Morgan fingerprint density at radius 2 is 2.28 bits per heavy atom. The van der Waals surface area contributed by atoms with E-state index in [0.29, 0.717) is 18.3 Å². The summed E-state index contributed by atoms with van der Waals surface area (Å²) in [6.45, 7) is 7.64. The summed E-state index contributed by atoms with van der Waals surface area (Å²) >= 11 is 0. The second-order valence-electron chi connectivity index (χ2n) is 5.23. The molecule has 0 aromatic carbocycles. The minimum atomic E-state index is -0.173. The van der Waals surface area contributed by atoms with Crippen molar-refractivity contribution in [2.24, 2.45) is 5.92 Å². The number of hydrogen-bond acceptors (Lipinski definition) is 5. The zero-order chi connectivity index (χ0) is 12.9. The highest BCUT2D eigenvalue weighted by molar-refractivity contribution is 5.88. The number of aromatic nitrogens is 4. The van der Waals surface area contributed by atoms with Gasteiger partial charge in [0, 0.05) is 5.92 Å². The molecule has 1 aliphatic heterocycles. The standard InChI is InChI=1S/C12H17N5O/c1-7-4-18-5-12(7,3)17-11-9(8(2)16-17)10(13)14-6-15-11/h6-7H,4-5H2,1-3H3,(H2,13,14,15). The van der Waals surface area contributed by atoms with E-state index in [4.69, 9.17) is 10.5 Å². The van der Waals surface area contributed by atoms with Crippen LogP contribution in [0.15, 0.2) is 6.33 Å². The summed E-state index contributed by atoms with van der Waals surface area (Å²) in [5.41, 5.74) is 7.39. The normalized spacial score (nSPS) is 28.1. The summed E-state index contributed by atoms with van der Waals surface area (Å²) in [6, 6.07) is 0. The largest absolute Gasteiger partial charge is 0.383 e. The van der Waals surface area contributed by atoms with E-state index in [1.54, 1.807) is 0 Å². The van der Waals surface area contributed by atoms with Gasteiger partial charge in [-0.25, -0.2) is 14.6 Å². The second kappa shape index (κ2) is 3.65. The van der Waals surface area contributed by atoms with Crippen LogP contribution in [0.5, 0.6) is 0 Å². The maximum absolute atomic E-state index is 5.91. The van der Waals surface area contributed by atoms with Crippen molar-refractivity contribution in [2.45, 2.75) is 26.3 Å². The van der Waals surface area contributed by atoms with Crippen LogP contribution >= 0.6 is 0 Å². The fraction of sp³-hybridized carbons (Fsp3) is 0.583. The summed E-state index contributed by atoms with van der Waals surface area (Å²) in [4.78, 5) is 8.37. The van der Waals surface area contributed by atoms with Gasteiger partial charge in [-0.3, -0.25) is 0 Å². The Balaban J connectivity index is 2.28. The first kappa shape index (κ1) is 11.4. The van der Waals surface area contributed by atoms with Crippen molar-refractivity contribution in [1.82, 2.24) is 19.7 Å². The van der Waals surface area contributed by atoms with Crippen molar-refractivity contribution >= 4 is 16.9 Å². The highest BCUT2D eigenvalue weighted by Gasteiger charge is 2.41. The molecule has 3 heterocycles. The lowest BCUT2D eigenvalue weighted by Crippen LogP contribution is -2.37. The first-order valence-electron chi connectivity index (χ1n) is 6.08. The first-order valence-corrected chi connectivity index (χ1v) is 6.08. The van der Waals surface area contributed by atoms with E-state index in [1.165, 1.54) is 6.33 Å². The molecule has 0 bridgehead atoms. The lowest BCUT2D eigenvalue weighted by Gasteiger charge is -2.27. The van der Waals surface area contributed by atoms with Crippen LogP contribution in [0, 0.1) is 12.8 Å². The Labute approximate surface area is 105 Å². The second-order valence-corrected chi connectivity index (χ2v) is 5.23. The van der Waals surface area contributed by atoms with Gasteiger partial charge >= 0.3 is 0 Å². The van der Waals surface area contributed by atoms with Crippen molar-refractivity contribution in [3.05, 3.63) is 12.0 Å². The molecule has 0 spiro atoms. The molecule has 6 nitrogen and oxygen atoms in total. The quantitative estimate of drug-likeness (QED) is 0.816. The summed E-state index contributed by atoms with van der Waals surface area (Å²) in [5.74, 6) is 0.870. The zero-order valence-corrected chi connectivity index (χ0v) is 10.8. The molecule has 0 amide bonds. The number of ether oxygens (including phenoxy) is 1. The highest BCUT2D eigenvalue weighted by atomic mass is 16.5. The third kappa shape index (κ3) is 1.35. The number of hydrogen-bond donors (Lipinski definition) is 1. The van der Waals surface area contributed by atoms with Crippen LogP contribution in [0.3, 0.4) is 0 Å². The Kier molecular flexibility index (Phi) is 2.31. The van der Waals surface area contributed by atoms with Crippen LogP contribution in [-0.4, -0.2) is 33.0 Å². The van der Waals surface area contributed by atoms with E-state index in [0.717, 1.165) is 23.3 Å². The third-order valence-corrected chi connectivity index (χ3v) is 3.98. The van der Waals surface area contributed by atoms with Crippen molar-refractivity contribution < 1.29 is 4.74 Å². The molecule has 2 aromatic rings. The zero-order valence-electron chi connectivity index (χ0n) is 10.8. The Morgan fingerprint density at radius 1 is 1.50 bits per heavy atom. The molecular formula is C12H17N5O. The van der Waals surface area contributed by atoms with Crippen LogP contribution in [0.4, 0.5) is 5.82 Å². The highest BCUT2D eigenvalue weighted by Crippen LogP contribution is 2.35. The number of nitrogen functional groups attached to an aromatic ring is 1. The molecule has 2 N–H and O–H groups in total. The fourth-order valence-corrected chi connectivity index (χ4v) is 2.53. The van der Waals surface area contributed by atoms with E-state index in [-0.39, 0.29) is 5.54 Å². The fourth-order valence-electron chi connectivity index (χ4n) is 2.53. The van der Waals surface area contributed by atoms with Crippen LogP contribution < -0.4 is 5.73 Å². The maximum Gasteiger partial charge on any atom is 0.164 e. The van der Waals surface area contributed by atoms with Crippen molar-refractivity contribution in [3.63, 3.8) is 0 Å². The number of anilines is 1. The Hall–Kier alpha value is -1.69. The summed E-state index contributed by atoms with van der Waals surface area (Å²) in [6.07, 6.45) is 1.49. The minimum Gasteiger partial charge on any atom is -0.383 e. The van der Waals surface area contributed by atoms with Gasteiger partial charge < -0.3 is 10.5 Å². The van der Waals surface area contributed by atoms with E-state index in [1.807, 2.05) is 11.6 Å². The smallest absolute Gasteiger partial charge is 0.164 e. The van der Waals surface area contributed by atoms with Crippen molar-refractivity contribution in [2.75, 3.05) is 18.9 Å². The summed E-state index contributed by atoms with van der Waals surface area (Å²) < 4.78 is 7.53. The van der Waals surface area contributed by atoms with Gasteiger partial charge in [0.15, 0.2) is 5.65 Å². The van der Waals surface area contributed by atoms with Crippen molar-refractivity contribution in [3.8, 4) is 0 Å². The number of nitrogens with zero attached hydrogens (tertiary/aromatic N) is 4. The van der Waals surface area contributed by atoms with Gasteiger partial charge in [-0.15, -0.1) is 0 Å².